The first-order chi connectivity index (χ1) is 17.3. The Kier molecular flexibility index (Phi) is 6.99. The Bertz CT molecular complexity index is 1700. The van der Waals surface area contributed by atoms with Crippen LogP contribution in [0.3, 0.4) is 0 Å². The number of rotatable bonds is 2. The molecule has 0 aliphatic carbocycles. The predicted octanol–water partition coefficient (Wildman–Crippen LogP) is 7.70. The fraction of sp³-hybridized carbons (Fsp3) is 0.0323. The van der Waals surface area contributed by atoms with Crippen LogP contribution in [0.25, 0.3) is 31.4 Å². The van der Waals surface area contributed by atoms with Crippen molar-refractivity contribution in [2.24, 2.45) is 0 Å². The Morgan fingerprint density at radius 2 is 1.56 bits per heavy atom. The summed E-state index contributed by atoms with van der Waals surface area (Å²) in [4.78, 5) is 4.22. The third-order valence-electron chi connectivity index (χ3n) is 5.92. The molecule has 1 aliphatic heterocycles. The van der Waals surface area contributed by atoms with Crippen molar-refractivity contribution in [3.63, 3.8) is 0 Å². The van der Waals surface area contributed by atoms with E-state index >= 15 is 0 Å². The number of thiophene rings is 1. The molecule has 0 spiro atoms. The van der Waals surface area contributed by atoms with E-state index in [9.17, 15) is 0 Å². The normalized spacial score (nSPS) is 11.7. The van der Waals surface area contributed by atoms with Gasteiger partial charge in [-0.15, -0.1) is 47.3 Å². The van der Waals surface area contributed by atoms with E-state index in [1.807, 2.05) is 65.4 Å². The summed E-state index contributed by atoms with van der Waals surface area (Å²) in [5, 5.41) is 2.58. The molecule has 2 aromatic heterocycles. The molecular weight excluding hydrogens is 639 g/mol. The third kappa shape index (κ3) is 4.58. The Morgan fingerprint density at radius 3 is 2.36 bits per heavy atom. The maximum absolute atomic E-state index is 4.22. The number of para-hydroxylation sites is 2. The van der Waals surface area contributed by atoms with Crippen LogP contribution >= 0.6 is 11.3 Å². The second-order valence-electron chi connectivity index (χ2n) is 8.17. The van der Waals surface area contributed by atoms with Gasteiger partial charge in [0.15, 0.2) is 7.05 Å². The van der Waals surface area contributed by atoms with Crippen molar-refractivity contribution in [1.29, 1.82) is 0 Å². The summed E-state index contributed by atoms with van der Waals surface area (Å²) in [6, 6.07) is 44.8. The minimum Gasteiger partial charge on any atom is -0.305 e. The summed E-state index contributed by atoms with van der Waals surface area (Å²) in [6.07, 6.45) is 1.79. The number of hydrogen-bond acceptors (Lipinski definition) is 2. The fourth-order valence-corrected chi connectivity index (χ4v) is 5.36. The Balaban J connectivity index is 0.000000175. The summed E-state index contributed by atoms with van der Waals surface area (Å²) in [6.45, 7) is 0. The monoisotopic (exact) mass is 660 g/mol. The van der Waals surface area contributed by atoms with Crippen molar-refractivity contribution in [3.05, 3.63) is 121 Å². The number of benzene rings is 4. The molecule has 0 N–H and O–H groups in total. The maximum Gasteiger partial charge on any atom is 0.494 e. The van der Waals surface area contributed by atoms with E-state index in [4.69, 9.17) is 0 Å². The zero-order valence-electron chi connectivity index (χ0n) is 19.5. The second kappa shape index (κ2) is 10.5. The molecule has 0 saturated heterocycles. The van der Waals surface area contributed by atoms with E-state index in [0.717, 1.165) is 28.3 Å². The summed E-state index contributed by atoms with van der Waals surface area (Å²) < 4.78 is 6.71. The first kappa shape index (κ1) is 24.0. The molecule has 1 radical (unpaired) electrons. The maximum atomic E-state index is 4.22. The first-order valence-electron chi connectivity index (χ1n) is 11.4. The van der Waals surface area contributed by atoms with Gasteiger partial charge in [-0.05, 0) is 17.8 Å². The average molecular weight is 660 g/mol. The molecule has 0 fully saturated rings. The van der Waals surface area contributed by atoms with Gasteiger partial charge in [0.1, 0.15) is 5.69 Å². The van der Waals surface area contributed by atoms with Gasteiger partial charge in [-0.1, -0.05) is 67.8 Å². The number of nitrogens with zero attached hydrogens (tertiary/aromatic N) is 3. The largest absolute Gasteiger partial charge is 0.494 e. The standard InChI is InChI=1S/C20H13N2S.C11H8N.Ir/c1-21-13-22(18-8-4-3-7-17(18)21)14-10-11-16-15-6-2-5-9-19(15)23-20(16)12-14;1-2-6-10(7-3-1)11-8-4-5-9-12-11;/h2-9,11-12H,1H3;1-6,8-9H;/q+1;-1;. The van der Waals surface area contributed by atoms with E-state index < -0.39 is 0 Å². The molecule has 1 aliphatic rings. The second-order valence-corrected chi connectivity index (χ2v) is 9.25. The molecule has 7 rings (SSSR count). The van der Waals surface area contributed by atoms with Crippen LogP contribution < -0.4 is 4.58 Å². The number of aromatic nitrogens is 1. The van der Waals surface area contributed by atoms with E-state index in [-0.39, 0.29) is 20.1 Å². The van der Waals surface area contributed by atoms with Gasteiger partial charge in [0, 0.05) is 43.1 Å². The van der Waals surface area contributed by atoms with Crippen LogP contribution in [-0.4, -0.2) is 22.6 Å². The Morgan fingerprint density at radius 1 is 0.778 bits per heavy atom. The zero-order valence-corrected chi connectivity index (χ0v) is 22.7. The van der Waals surface area contributed by atoms with Crippen LogP contribution in [0.15, 0.2) is 109 Å². The average Bonchev–Trinajstić information content (AvgIpc) is 3.47. The van der Waals surface area contributed by atoms with Crippen LogP contribution in [0.5, 0.6) is 0 Å². The summed E-state index contributed by atoms with van der Waals surface area (Å²) >= 11 is 1.83. The summed E-state index contributed by atoms with van der Waals surface area (Å²) in [5.41, 5.74) is 5.35. The van der Waals surface area contributed by atoms with Crippen LogP contribution in [0.4, 0.5) is 17.1 Å². The van der Waals surface area contributed by atoms with E-state index in [1.54, 1.807) is 6.20 Å². The van der Waals surface area contributed by atoms with Crippen molar-refractivity contribution < 1.29 is 24.7 Å². The molecule has 0 bridgehead atoms. The van der Waals surface area contributed by atoms with E-state index in [1.165, 1.54) is 20.2 Å². The molecule has 0 unspecified atom stereocenters. The summed E-state index contributed by atoms with van der Waals surface area (Å²) in [5.74, 6) is 0. The SMILES string of the molecule is C[N+]1=C=[N+](c2[c-]cc3c(c2)sc2ccccc23)c2ccccc21.[Ir].[c-]1ccccc1-c1ccccn1. The molecule has 175 valence electrons. The van der Waals surface area contributed by atoms with Gasteiger partial charge in [0.2, 0.25) is 0 Å². The Labute approximate surface area is 227 Å². The minimum atomic E-state index is 0. The first-order valence-corrected chi connectivity index (χ1v) is 12.2. The molecule has 36 heavy (non-hydrogen) atoms. The van der Waals surface area contributed by atoms with Gasteiger partial charge in [-0.25, -0.2) is 0 Å². The van der Waals surface area contributed by atoms with Gasteiger partial charge in [-0.3, -0.25) is 0 Å². The van der Waals surface area contributed by atoms with Gasteiger partial charge >= 0.3 is 6.01 Å². The van der Waals surface area contributed by atoms with Gasteiger partial charge in [0.05, 0.1) is 0 Å². The van der Waals surface area contributed by atoms with Crippen molar-refractivity contribution in [2.45, 2.75) is 0 Å². The molecule has 0 amide bonds. The molecule has 5 heteroatoms. The molecular formula is C31H21IrN3S. The van der Waals surface area contributed by atoms with Gasteiger partial charge in [-0.2, -0.15) is 17.4 Å². The van der Waals surface area contributed by atoms with E-state index in [2.05, 4.69) is 88.4 Å². The van der Waals surface area contributed by atoms with Crippen molar-refractivity contribution in [2.75, 3.05) is 7.05 Å². The zero-order chi connectivity index (χ0) is 23.6. The molecule has 0 saturated carbocycles. The van der Waals surface area contributed by atoms with Gasteiger partial charge in [0.25, 0.3) is 11.4 Å². The van der Waals surface area contributed by atoms with Crippen LogP contribution in [0.1, 0.15) is 0 Å². The number of pyridine rings is 1. The minimum absolute atomic E-state index is 0. The number of fused-ring (bicyclic) bond motifs is 4. The van der Waals surface area contributed by atoms with Crippen molar-refractivity contribution >= 4 is 54.6 Å². The third-order valence-corrected chi connectivity index (χ3v) is 7.05. The van der Waals surface area contributed by atoms with Crippen molar-refractivity contribution in [3.8, 4) is 11.3 Å². The molecule has 0 atom stereocenters. The predicted molar refractivity (Wildman–Crippen MR) is 145 cm³/mol. The summed E-state index contributed by atoms with van der Waals surface area (Å²) in [7, 11) is 2.02. The van der Waals surface area contributed by atoms with Gasteiger partial charge < -0.3 is 4.98 Å². The topological polar surface area (TPSA) is 18.9 Å². The fourth-order valence-electron chi connectivity index (χ4n) is 4.23. The molecule has 3 heterocycles. The number of hydrogen-bond donors (Lipinski definition) is 0. The molecule has 6 aromatic rings. The van der Waals surface area contributed by atoms with E-state index in [0.29, 0.717) is 0 Å². The smallest absolute Gasteiger partial charge is 0.305 e. The van der Waals surface area contributed by atoms with Crippen LogP contribution in [0.2, 0.25) is 0 Å². The Hall–Kier alpha value is -3.72. The quantitative estimate of drug-likeness (QED) is 0.138. The molecule has 4 aromatic carbocycles. The van der Waals surface area contributed by atoms with Crippen LogP contribution in [-0.2, 0) is 20.1 Å². The van der Waals surface area contributed by atoms with Crippen molar-refractivity contribution in [1.82, 2.24) is 9.56 Å². The molecule has 3 nitrogen and oxygen atoms in total. The van der Waals surface area contributed by atoms with Crippen LogP contribution in [0, 0.1) is 12.1 Å².